The quantitative estimate of drug-likeness (QED) is 0.145. The average molecular weight is 838 g/mol. The van der Waals surface area contributed by atoms with Crippen molar-refractivity contribution >= 4 is 60.2 Å². The van der Waals surface area contributed by atoms with Crippen molar-refractivity contribution in [2.24, 2.45) is 0 Å². The predicted octanol–water partition coefficient (Wildman–Crippen LogP) is 17.5. The Bertz CT molecular complexity index is 3590. The van der Waals surface area contributed by atoms with E-state index in [9.17, 15) is 0 Å². The lowest BCUT2D eigenvalue weighted by Gasteiger charge is -2.35. The molecule has 1 aliphatic carbocycles. The molecular formula is C65H43N. The molecule has 0 atom stereocenters. The Kier molecular flexibility index (Phi) is 8.82. The summed E-state index contributed by atoms with van der Waals surface area (Å²) in [7, 11) is 0. The first-order valence-electron chi connectivity index (χ1n) is 22.9. The Labute approximate surface area is 385 Å². The van der Waals surface area contributed by atoms with Crippen LogP contribution in [0.2, 0.25) is 0 Å². The largest absolute Gasteiger partial charge is 0.310 e. The molecule has 0 saturated carbocycles. The second-order valence-corrected chi connectivity index (χ2v) is 17.6. The SMILES string of the molecule is c1ccc(C2(c3ccccc3)c3ccccc3-c3ccc(N(c4ccc(-c5ccc6c(ccc7ccccc76)c5)cc4)c4ccc(-c5ccc6c(ccc7ccccc76)c5)cc4)cc32)cc1. The first kappa shape index (κ1) is 38.0. The molecule has 1 aliphatic rings. The molecule has 0 unspecified atom stereocenters. The molecule has 0 radical (unpaired) electrons. The van der Waals surface area contributed by atoms with E-state index in [1.54, 1.807) is 0 Å². The van der Waals surface area contributed by atoms with E-state index in [-0.39, 0.29) is 0 Å². The Morgan fingerprint density at radius 2 is 0.652 bits per heavy atom. The maximum Gasteiger partial charge on any atom is 0.0714 e. The Balaban J connectivity index is 0.958. The lowest BCUT2D eigenvalue weighted by molar-refractivity contribution is 0.768. The van der Waals surface area contributed by atoms with Gasteiger partial charge in [0.25, 0.3) is 0 Å². The van der Waals surface area contributed by atoms with Crippen LogP contribution in [-0.4, -0.2) is 0 Å². The fourth-order valence-corrected chi connectivity index (χ4v) is 11.0. The van der Waals surface area contributed by atoms with Crippen LogP contribution in [0.3, 0.4) is 0 Å². The summed E-state index contributed by atoms with van der Waals surface area (Å²) in [5.41, 5.74) is 15.2. The second-order valence-electron chi connectivity index (χ2n) is 17.6. The van der Waals surface area contributed by atoms with Crippen LogP contribution in [0.1, 0.15) is 22.3 Å². The Hall–Kier alpha value is -8.52. The number of fused-ring (bicyclic) bond motifs is 9. The number of benzene rings is 12. The van der Waals surface area contributed by atoms with E-state index in [4.69, 9.17) is 0 Å². The minimum absolute atomic E-state index is 0.507. The molecule has 0 spiro atoms. The van der Waals surface area contributed by atoms with Crippen molar-refractivity contribution in [1.29, 1.82) is 0 Å². The summed E-state index contributed by atoms with van der Waals surface area (Å²) >= 11 is 0. The van der Waals surface area contributed by atoms with Gasteiger partial charge in [-0.15, -0.1) is 0 Å². The minimum atomic E-state index is -0.507. The molecule has 0 N–H and O–H groups in total. The van der Waals surface area contributed by atoms with E-state index in [1.165, 1.54) is 98.7 Å². The van der Waals surface area contributed by atoms with Crippen LogP contribution in [-0.2, 0) is 5.41 Å². The van der Waals surface area contributed by atoms with Gasteiger partial charge in [0.15, 0.2) is 0 Å². The number of nitrogens with zero attached hydrogens (tertiary/aromatic N) is 1. The Morgan fingerprint density at radius 3 is 1.20 bits per heavy atom. The average Bonchev–Trinajstić information content (AvgIpc) is 3.69. The third-order valence-electron chi connectivity index (χ3n) is 14.1. The minimum Gasteiger partial charge on any atom is -0.310 e. The van der Waals surface area contributed by atoms with Crippen LogP contribution in [0.15, 0.2) is 261 Å². The second kappa shape index (κ2) is 15.3. The van der Waals surface area contributed by atoms with E-state index < -0.39 is 5.41 Å². The number of anilines is 3. The van der Waals surface area contributed by atoms with Crippen LogP contribution >= 0.6 is 0 Å². The molecule has 12 aromatic rings. The van der Waals surface area contributed by atoms with Crippen LogP contribution in [0.25, 0.3) is 76.5 Å². The van der Waals surface area contributed by atoms with Gasteiger partial charge in [0, 0.05) is 17.1 Å². The molecule has 308 valence electrons. The summed E-state index contributed by atoms with van der Waals surface area (Å²) in [5, 5.41) is 10.2. The van der Waals surface area contributed by atoms with Crippen molar-refractivity contribution in [1.82, 2.24) is 0 Å². The van der Waals surface area contributed by atoms with Crippen LogP contribution in [0.4, 0.5) is 17.1 Å². The van der Waals surface area contributed by atoms with Gasteiger partial charge in [-0.25, -0.2) is 0 Å². The standard InChI is InChI=1S/C65H43N/c1-3-15-52(16-4-1)65(53-17-5-2-6-18-53)63-22-12-11-21-61(63)62-40-37-56(43-64(62)65)66(54-33-27-44(28-34-54)48-31-38-59-50(41-48)25-23-46-13-7-9-19-57(46)59)55-35-29-45(30-36-55)49-32-39-60-51(42-49)26-24-47-14-8-10-20-58(47)60/h1-43H. The van der Waals surface area contributed by atoms with Gasteiger partial charge in [0.1, 0.15) is 0 Å². The van der Waals surface area contributed by atoms with Crippen molar-refractivity contribution in [3.8, 4) is 33.4 Å². The smallest absolute Gasteiger partial charge is 0.0714 e. The number of rotatable bonds is 7. The molecule has 1 nitrogen and oxygen atoms in total. The fourth-order valence-electron chi connectivity index (χ4n) is 11.0. The first-order valence-corrected chi connectivity index (χ1v) is 22.9. The molecule has 12 aromatic carbocycles. The number of hydrogen-bond acceptors (Lipinski definition) is 1. The van der Waals surface area contributed by atoms with E-state index in [2.05, 4.69) is 266 Å². The maximum absolute atomic E-state index is 2.46. The third-order valence-corrected chi connectivity index (χ3v) is 14.1. The highest BCUT2D eigenvalue weighted by atomic mass is 15.1. The molecule has 0 saturated heterocycles. The van der Waals surface area contributed by atoms with Gasteiger partial charge in [0.2, 0.25) is 0 Å². The maximum atomic E-state index is 2.46. The molecule has 0 aliphatic heterocycles. The lowest BCUT2D eigenvalue weighted by atomic mass is 9.67. The number of hydrogen-bond donors (Lipinski definition) is 0. The van der Waals surface area contributed by atoms with E-state index >= 15 is 0 Å². The van der Waals surface area contributed by atoms with Crippen molar-refractivity contribution in [2.45, 2.75) is 5.41 Å². The van der Waals surface area contributed by atoms with Gasteiger partial charge in [-0.1, -0.05) is 212 Å². The van der Waals surface area contributed by atoms with Gasteiger partial charge in [-0.3, -0.25) is 0 Å². The molecule has 0 aromatic heterocycles. The Morgan fingerprint density at radius 1 is 0.242 bits per heavy atom. The highest BCUT2D eigenvalue weighted by Gasteiger charge is 2.46. The van der Waals surface area contributed by atoms with E-state index in [0.29, 0.717) is 0 Å². The molecule has 13 rings (SSSR count). The van der Waals surface area contributed by atoms with Crippen molar-refractivity contribution in [3.63, 3.8) is 0 Å². The predicted molar refractivity (Wildman–Crippen MR) is 279 cm³/mol. The lowest BCUT2D eigenvalue weighted by Crippen LogP contribution is -2.28. The van der Waals surface area contributed by atoms with Crippen molar-refractivity contribution in [3.05, 3.63) is 283 Å². The van der Waals surface area contributed by atoms with E-state index in [1.807, 2.05) is 0 Å². The van der Waals surface area contributed by atoms with Gasteiger partial charge in [-0.2, -0.15) is 0 Å². The highest BCUT2D eigenvalue weighted by molar-refractivity contribution is 6.09. The molecule has 0 fully saturated rings. The molecule has 1 heteroatoms. The normalized spacial score (nSPS) is 12.7. The fraction of sp³-hybridized carbons (Fsp3) is 0.0154. The summed E-state index contributed by atoms with van der Waals surface area (Å²) in [4.78, 5) is 2.43. The van der Waals surface area contributed by atoms with Crippen molar-refractivity contribution < 1.29 is 0 Å². The van der Waals surface area contributed by atoms with Crippen molar-refractivity contribution in [2.75, 3.05) is 4.90 Å². The zero-order chi connectivity index (χ0) is 43.6. The molecular weight excluding hydrogens is 795 g/mol. The van der Waals surface area contributed by atoms with Crippen LogP contribution < -0.4 is 4.90 Å². The monoisotopic (exact) mass is 837 g/mol. The van der Waals surface area contributed by atoms with E-state index in [0.717, 1.165) is 17.1 Å². The molecule has 0 amide bonds. The molecule has 66 heavy (non-hydrogen) atoms. The summed E-state index contributed by atoms with van der Waals surface area (Å²) in [6.45, 7) is 0. The van der Waals surface area contributed by atoms with Gasteiger partial charge in [-0.05, 0) is 147 Å². The highest BCUT2D eigenvalue weighted by Crippen LogP contribution is 2.57. The zero-order valence-electron chi connectivity index (χ0n) is 36.3. The summed E-state index contributed by atoms with van der Waals surface area (Å²) in [5.74, 6) is 0. The van der Waals surface area contributed by atoms with Gasteiger partial charge < -0.3 is 4.90 Å². The first-order chi connectivity index (χ1) is 32.7. The molecule has 0 bridgehead atoms. The van der Waals surface area contributed by atoms with Gasteiger partial charge in [0.05, 0.1) is 5.41 Å². The van der Waals surface area contributed by atoms with Crippen LogP contribution in [0.5, 0.6) is 0 Å². The van der Waals surface area contributed by atoms with Gasteiger partial charge >= 0.3 is 0 Å². The summed E-state index contributed by atoms with van der Waals surface area (Å²) in [6.07, 6.45) is 0. The zero-order valence-corrected chi connectivity index (χ0v) is 36.3. The third kappa shape index (κ3) is 6.01. The topological polar surface area (TPSA) is 3.24 Å². The molecule has 0 heterocycles. The van der Waals surface area contributed by atoms with Crippen LogP contribution in [0, 0.1) is 0 Å². The summed E-state index contributed by atoms with van der Waals surface area (Å²) < 4.78 is 0. The summed E-state index contributed by atoms with van der Waals surface area (Å²) in [6, 6.07) is 96.5.